The van der Waals surface area contributed by atoms with Gasteiger partial charge in [-0.2, -0.15) is 21.9 Å². The maximum absolute atomic E-state index is 3.08. The molecule has 0 bridgehead atoms. The normalized spacial score (nSPS) is 9.78. The van der Waals surface area contributed by atoms with E-state index in [2.05, 4.69) is 96.0 Å². The van der Waals surface area contributed by atoms with Gasteiger partial charge in [-0.05, 0) is 61.0 Å². The van der Waals surface area contributed by atoms with E-state index in [1.807, 2.05) is 57.5 Å². The van der Waals surface area contributed by atoms with E-state index < -0.39 is 0 Å². The molecule has 37 heavy (non-hydrogen) atoms. The van der Waals surface area contributed by atoms with Crippen LogP contribution in [0, 0.1) is 24.6 Å². The Bertz CT molecular complexity index is 1160. The molecule has 0 nitrogen and oxygen atoms in total. The van der Waals surface area contributed by atoms with Gasteiger partial charge in [0.1, 0.15) is 0 Å². The van der Waals surface area contributed by atoms with Crippen LogP contribution in [0.1, 0.15) is 39.0 Å². The smallest absolute Gasteiger partial charge is 0.301 e. The first-order valence-corrected chi connectivity index (χ1v) is 16.2. The molecule has 0 unspecified atom stereocenters. The molecule has 180 valence electrons. The SMILES string of the molecule is Cc1ccc(Cc2ccc(C)s2)s1.[Li+].[Li+].[c-]1ccc(Cc2cc[c-]s2)s1.c1csc(Cc2cccs2)c1. The van der Waals surface area contributed by atoms with E-state index in [1.54, 1.807) is 22.7 Å². The quantitative estimate of drug-likeness (QED) is 0.202. The summed E-state index contributed by atoms with van der Waals surface area (Å²) in [7, 11) is 0. The van der Waals surface area contributed by atoms with E-state index in [9.17, 15) is 0 Å². The first-order valence-electron chi connectivity index (χ1n) is 11.2. The largest absolute Gasteiger partial charge is 1.00 e. The number of rotatable bonds is 6. The van der Waals surface area contributed by atoms with Crippen LogP contribution in [0.5, 0.6) is 0 Å². The van der Waals surface area contributed by atoms with Crippen LogP contribution in [0.2, 0.25) is 0 Å². The minimum atomic E-state index is 0. The Morgan fingerprint density at radius 1 is 0.514 bits per heavy atom. The van der Waals surface area contributed by atoms with Crippen molar-refractivity contribution >= 4 is 68.0 Å². The molecule has 0 saturated heterocycles. The van der Waals surface area contributed by atoms with Gasteiger partial charge in [0, 0.05) is 42.1 Å². The second-order valence-corrected chi connectivity index (χ2v) is 14.5. The van der Waals surface area contributed by atoms with E-state index in [4.69, 9.17) is 0 Å². The Balaban J connectivity index is 0.000000191. The summed E-state index contributed by atoms with van der Waals surface area (Å²) >= 11 is 10.8. The van der Waals surface area contributed by atoms with Crippen LogP contribution >= 0.6 is 68.0 Å². The molecule has 0 N–H and O–H groups in total. The molecule has 0 aliphatic carbocycles. The number of thiophene rings is 6. The Labute approximate surface area is 269 Å². The van der Waals surface area contributed by atoms with Crippen molar-refractivity contribution < 1.29 is 37.7 Å². The molecule has 6 heterocycles. The van der Waals surface area contributed by atoms with Crippen molar-refractivity contribution in [2.24, 2.45) is 0 Å². The molecule has 0 radical (unpaired) electrons. The van der Waals surface area contributed by atoms with E-state index in [0.717, 1.165) is 19.3 Å². The van der Waals surface area contributed by atoms with Crippen molar-refractivity contribution in [3.05, 3.63) is 133 Å². The summed E-state index contributed by atoms with van der Waals surface area (Å²) in [6.07, 6.45) is 3.26. The standard InChI is InChI=1S/C11H12S2.C9H8S2.C9H6S2.2Li/c1-8-3-5-10(12-8)7-11-6-4-9(2)13-11;2*1-3-8(10-5-1)7-9-4-2-6-11-9;;/h3-6H,7H2,1-2H3;1-6H,7H2;1-4H,7H2;;/q;;-2;2*+1. The zero-order chi connectivity index (χ0) is 24.3. The van der Waals surface area contributed by atoms with Crippen LogP contribution in [0.15, 0.2) is 83.6 Å². The number of hydrogen-bond acceptors (Lipinski definition) is 6. The number of hydrogen-bond donors (Lipinski definition) is 0. The van der Waals surface area contributed by atoms with Crippen LogP contribution in [0.25, 0.3) is 0 Å². The van der Waals surface area contributed by atoms with Gasteiger partial charge >= 0.3 is 37.7 Å². The van der Waals surface area contributed by atoms with E-state index in [0.29, 0.717) is 0 Å². The van der Waals surface area contributed by atoms with Gasteiger partial charge < -0.3 is 22.7 Å². The zero-order valence-electron chi connectivity index (χ0n) is 21.7. The molecular formula is C29H26Li2S6. The third-order valence-corrected chi connectivity index (χ3v) is 10.2. The van der Waals surface area contributed by atoms with E-state index in [-0.39, 0.29) is 37.7 Å². The minimum absolute atomic E-state index is 0. The van der Waals surface area contributed by atoms with Gasteiger partial charge in [-0.1, -0.05) is 18.6 Å². The van der Waals surface area contributed by atoms with Crippen molar-refractivity contribution in [1.82, 2.24) is 0 Å². The third-order valence-electron chi connectivity index (χ3n) is 4.85. The summed E-state index contributed by atoms with van der Waals surface area (Å²) in [5.74, 6) is 0. The summed E-state index contributed by atoms with van der Waals surface area (Å²) in [6.45, 7) is 4.32. The van der Waals surface area contributed by atoms with Gasteiger partial charge in [0.2, 0.25) is 0 Å². The van der Waals surface area contributed by atoms with E-state index in [1.165, 1.54) is 39.0 Å². The predicted octanol–water partition coefficient (Wildman–Crippen LogP) is 4.43. The molecule has 0 aromatic carbocycles. The maximum Gasteiger partial charge on any atom is 1.00 e. The minimum Gasteiger partial charge on any atom is -0.301 e. The average molecular weight is 581 g/mol. The molecular weight excluding hydrogens is 555 g/mol. The zero-order valence-corrected chi connectivity index (χ0v) is 26.6. The molecule has 0 fully saturated rings. The van der Waals surface area contributed by atoms with Crippen molar-refractivity contribution in [1.29, 1.82) is 0 Å². The molecule has 0 aliphatic heterocycles. The molecule has 0 aliphatic rings. The molecule has 0 spiro atoms. The summed E-state index contributed by atoms with van der Waals surface area (Å²) in [6, 6.07) is 25.6. The Kier molecular flexibility index (Phi) is 15.8. The molecule has 6 rings (SSSR count). The van der Waals surface area contributed by atoms with Crippen LogP contribution in [-0.4, -0.2) is 0 Å². The molecule has 6 aromatic rings. The molecule has 6 aromatic heterocycles. The summed E-state index contributed by atoms with van der Waals surface area (Å²) in [5.41, 5.74) is 0. The number of aryl methyl sites for hydroxylation is 2. The second kappa shape index (κ2) is 17.9. The van der Waals surface area contributed by atoms with Crippen molar-refractivity contribution in [2.75, 3.05) is 0 Å². The van der Waals surface area contributed by atoms with Gasteiger partial charge in [-0.15, -0.1) is 56.1 Å². The second-order valence-electron chi connectivity index (χ2n) is 7.75. The van der Waals surface area contributed by atoms with Crippen molar-refractivity contribution in [2.45, 2.75) is 33.1 Å². The Hall–Kier alpha value is -0.605. The van der Waals surface area contributed by atoms with Gasteiger partial charge in [0.15, 0.2) is 0 Å². The monoisotopic (exact) mass is 580 g/mol. The van der Waals surface area contributed by atoms with Crippen LogP contribution in [-0.2, 0) is 19.3 Å². The maximum atomic E-state index is 3.08. The van der Waals surface area contributed by atoms with Crippen LogP contribution in [0.3, 0.4) is 0 Å². The first-order chi connectivity index (χ1) is 17.1. The molecule has 0 saturated carbocycles. The first kappa shape index (κ1) is 32.6. The Morgan fingerprint density at radius 2 is 0.946 bits per heavy atom. The van der Waals surface area contributed by atoms with Crippen molar-refractivity contribution in [3.8, 4) is 0 Å². The molecule has 0 atom stereocenters. The summed E-state index contributed by atoms with van der Waals surface area (Å²) in [5, 5.41) is 10.4. The van der Waals surface area contributed by atoms with Gasteiger partial charge in [0.25, 0.3) is 0 Å². The van der Waals surface area contributed by atoms with Gasteiger partial charge in [-0.3, -0.25) is 0 Å². The summed E-state index contributed by atoms with van der Waals surface area (Å²) in [4.78, 5) is 11.4. The molecule has 0 amide bonds. The van der Waals surface area contributed by atoms with E-state index >= 15 is 0 Å². The topological polar surface area (TPSA) is 0 Å². The van der Waals surface area contributed by atoms with Crippen LogP contribution < -0.4 is 37.7 Å². The fourth-order valence-corrected chi connectivity index (χ4v) is 8.09. The van der Waals surface area contributed by atoms with Crippen LogP contribution in [0.4, 0.5) is 0 Å². The third kappa shape index (κ3) is 12.0. The Morgan fingerprint density at radius 3 is 1.27 bits per heavy atom. The molecule has 8 heteroatoms. The van der Waals surface area contributed by atoms with Gasteiger partial charge in [-0.25, -0.2) is 12.1 Å². The fraction of sp³-hybridized carbons (Fsp3) is 0.172. The summed E-state index contributed by atoms with van der Waals surface area (Å²) < 4.78 is 0. The van der Waals surface area contributed by atoms with Crippen molar-refractivity contribution in [3.63, 3.8) is 0 Å². The fourth-order valence-electron chi connectivity index (χ4n) is 3.23. The predicted molar refractivity (Wildman–Crippen MR) is 161 cm³/mol. The average Bonchev–Trinajstić information content (AvgIpc) is 3.67. The van der Waals surface area contributed by atoms with Gasteiger partial charge in [0.05, 0.1) is 0 Å².